The van der Waals surface area contributed by atoms with E-state index in [0.29, 0.717) is 0 Å². The molecule has 280 valence electrons. The number of esters is 8. The Labute approximate surface area is 285 Å². The number of carbonyl (C=O) groups excluding carboxylic acids is 8. The van der Waals surface area contributed by atoms with Crippen molar-refractivity contribution in [1.29, 1.82) is 0 Å². The number of hydrogen-bond acceptors (Lipinski definition) is 20. The second-order valence-electron chi connectivity index (χ2n) is 11.5. The Kier molecular flexibility index (Phi) is 13.2. The molecule has 0 N–H and O–H groups in total. The first-order chi connectivity index (χ1) is 23.3. The molecule has 3 aliphatic rings. The first kappa shape index (κ1) is 40.0. The number of carbonyl (C=O) groups is 8. The van der Waals surface area contributed by atoms with Gasteiger partial charge in [0.05, 0.1) is 0 Å². The molecule has 3 heterocycles. The third-order valence-electron chi connectivity index (χ3n) is 7.28. The van der Waals surface area contributed by atoms with Crippen molar-refractivity contribution in [2.45, 2.75) is 116 Å². The molecule has 3 saturated heterocycles. The highest BCUT2D eigenvalue weighted by molar-refractivity contribution is 5.70. The lowest BCUT2D eigenvalue weighted by molar-refractivity contribution is -0.466. The van der Waals surface area contributed by atoms with Gasteiger partial charge in [-0.1, -0.05) is 0 Å². The van der Waals surface area contributed by atoms with Gasteiger partial charge in [-0.3, -0.25) is 38.4 Å². The molecule has 3 aliphatic heterocycles. The zero-order valence-corrected chi connectivity index (χ0v) is 28.6. The van der Waals surface area contributed by atoms with Crippen LogP contribution in [0.3, 0.4) is 0 Å². The summed E-state index contributed by atoms with van der Waals surface area (Å²) in [6.45, 7) is 5.62. The molecule has 20 heteroatoms. The van der Waals surface area contributed by atoms with Crippen LogP contribution in [0.15, 0.2) is 0 Å². The van der Waals surface area contributed by atoms with Gasteiger partial charge in [-0.2, -0.15) is 0 Å². The summed E-state index contributed by atoms with van der Waals surface area (Å²) in [7, 11) is 0. The molecule has 0 bridgehead atoms. The van der Waals surface area contributed by atoms with Crippen LogP contribution >= 0.6 is 0 Å². The Morgan fingerprint density at radius 3 is 0.960 bits per heavy atom. The van der Waals surface area contributed by atoms with Crippen molar-refractivity contribution >= 4 is 47.8 Å². The van der Waals surface area contributed by atoms with Crippen LogP contribution in [-0.4, -0.2) is 135 Å². The maximum atomic E-state index is 12.4. The number of ether oxygens (including phenoxy) is 12. The van der Waals surface area contributed by atoms with Gasteiger partial charge in [0.1, 0.15) is 38.6 Å². The van der Waals surface area contributed by atoms with E-state index < -0.39 is 135 Å². The molecule has 3 rings (SSSR count). The van der Waals surface area contributed by atoms with Crippen LogP contribution in [0.4, 0.5) is 0 Å². The van der Waals surface area contributed by atoms with E-state index in [9.17, 15) is 38.4 Å². The van der Waals surface area contributed by atoms with Crippen LogP contribution in [0.25, 0.3) is 0 Å². The third kappa shape index (κ3) is 9.86. The molecule has 0 radical (unpaired) electrons. The fraction of sp³-hybridized carbons (Fsp3) is 0.733. The lowest BCUT2D eigenvalue weighted by Gasteiger charge is -2.57. The minimum atomic E-state index is -2.24. The number of hydrogen-bond donors (Lipinski definition) is 0. The highest BCUT2D eigenvalue weighted by Gasteiger charge is 2.69. The van der Waals surface area contributed by atoms with Crippen LogP contribution in [0.2, 0.25) is 0 Å². The largest absolute Gasteiger partial charge is 0.463 e. The molecule has 10 atom stereocenters. The summed E-state index contributed by atoms with van der Waals surface area (Å²) in [6.07, 6.45) is -12.6. The van der Waals surface area contributed by atoms with E-state index in [2.05, 4.69) is 0 Å². The fourth-order valence-corrected chi connectivity index (χ4v) is 5.68. The van der Waals surface area contributed by atoms with Crippen molar-refractivity contribution in [2.75, 3.05) is 26.4 Å². The van der Waals surface area contributed by atoms with Gasteiger partial charge >= 0.3 is 47.8 Å². The minimum Gasteiger partial charge on any atom is -0.463 e. The average Bonchev–Trinajstić information content (AvgIpc) is 2.98. The predicted octanol–water partition coefficient (Wildman–Crippen LogP) is -1.06. The van der Waals surface area contributed by atoms with Crippen LogP contribution in [0.1, 0.15) is 55.4 Å². The molecule has 50 heavy (non-hydrogen) atoms. The molecule has 0 aromatic heterocycles. The van der Waals surface area contributed by atoms with E-state index in [1.54, 1.807) is 0 Å². The van der Waals surface area contributed by atoms with Crippen LogP contribution in [0, 0.1) is 0 Å². The lowest BCUT2D eigenvalue weighted by Crippen LogP contribution is -2.77. The second kappa shape index (κ2) is 16.5. The van der Waals surface area contributed by atoms with Gasteiger partial charge in [-0.25, -0.2) is 0 Å². The Morgan fingerprint density at radius 2 is 0.720 bits per heavy atom. The maximum absolute atomic E-state index is 12.4. The van der Waals surface area contributed by atoms with E-state index in [-0.39, 0.29) is 0 Å². The zero-order valence-electron chi connectivity index (χ0n) is 28.6. The standard InChI is InChI=1S/C30H40O20/c1-13(31)39-9-21-23(43-15(3)33)25(45-17(5)35)27(47-19(7)37)29(49-21)11-42-30(12-41-29)28(48-20(8)38)26(46-18(6)36)24(44-16(4)34)22(50-30)10-40-14(2)32/h21-28H,9-12H2,1-8H3/t21-,22-,23-,24-,25+,26+,27+,28+,29-,30+/m1/s1. The predicted molar refractivity (Wildman–Crippen MR) is 154 cm³/mol. The summed E-state index contributed by atoms with van der Waals surface area (Å²) in [5.41, 5.74) is 0. The molecule has 20 nitrogen and oxygen atoms in total. The summed E-state index contributed by atoms with van der Waals surface area (Å²) >= 11 is 0. The van der Waals surface area contributed by atoms with Gasteiger partial charge < -0.3 is 56.8 Å². The Morgan fingerprint density at radius 1 is 0.440 bits per heavy atom. The molecule has 0 saturated carbocycles. The SMILES string of the molecule is CC(=O)OC[C@H]1O[C@@]2(CO[C@]3(CO2)O[C@H](COC(C)=O)[C@@H](OC(C)=O)[C@H](OC(C)=O)[C@@H]3OC(C)=O)[C@@H](OC(C)=O)[C@@H](OC(C)=O)[C@@H]1OC(C)=O. The van der Waals surface area contributed by atoms with Crippen LogP contribution < -0.4 is 0 Å². The van der Waals surface area contributed by atoms with Gasteiger partial charge in [-0.15, -0.1) is 0 Å². The molecule has 0 amide bonds. The first-order valence-electron chi connectivity index (χ1n) is 15.2. The Hall–Kier alpha value is -4.40. The topological polar surface area (TPSA) is 247 Å². The van der Waals surface area contributed by atoms with Gasteiger partial charge in [0, 0.05) is 55.4 Å². The highest BCUT2D eigenvalue weighted by atomic mass is 16.8. The monoisotopic (exact) mass is 720 g/mol. The van der Waals surface area contributed by atoms with Crippen molar-refractivity contribution in [3.63, 3.8) is 0 Å². The second-order valence-corrected chi connectivity index (χ2v) is 11.5. The van der Waals surface area contributed by atoms with Crippen LogP contribution in [0.5, 0.6) is 0 Å². The summed E-state index contributed by atoms with van der Waals surface area (Å²) in [5, 5.41) is 0. The van der Waals surface area contributed by atoms with E-state index in [1.165, 1.54) is 0 Å². The van der Waals surface area contributed by atoms with Crippen molar-refractivity contribution in [1.82, 2.24) is 0 Å². The summed E-state index contributed by atoms with van der Waals surface area (Å²) in [5.74, 6) is -11.4. The smallest absolute Gasteiger partial charge is 0.303 e. The van der Waals surface area contributed by atoms with Gasteiger partial charge in [0.15, 0.2) is 36.6 Å². The molecular weight excluding hydrogens is 680 g/mol. The molecule has 0 aromatic carbocycles. The fourth-order valence-electron chi connectivity index (χ4n) is 5.68. The molecule has 0 aliphatic carbocycles. The Bertz CT molecular complexity index is 1230. The zero-order chi connectivity index (χ0) is 37.6. The lowest BCUT2D eigenvalue weighted by atomic mass is 9.88. The number of rotatable bonds is 10. The van der Waals surface area contributed by atoms with E-state index in [4.69, 9.17) is 56.8 Å². The average molecular weight is 721 g/mol. The van der Waals surface area contributed by atoms with E-state index in [1.807, 2.05) is 0 Å². The van der Waals surface area contributed by atoms with Crippen molar-refractivity contribution < 1.29 is 95.2 Å². The van der Waals surface area contributed by atoms with Crippen LogP contribution in [-0.2, 0) is 95.2 Å². The van der Waals surface area contributed by atoms with Gasteiger partial charge in [0.2, 0.25) is 11.6 Å². The Balaban J connectivity index is 2.15. The summed E-state index contributed by atoms with van der Waals surface area (Å²) in [4.78, 5) is 97.2. The molecular formula is C30H40O20. The molecule has 2 spiro atoms. The molecule has 3 fully saturated rings. The van der Waals surface area contributed by atoms with Gasteiger partial charge in [0.25, 0.3) is 0 Å². The van der Waals surface area contributed by atoms with E-state index >= 15 is 0 Å². The van der Waals surface area contributed by atoms with Crippen molar-refractivity contribution in [3.8, 4) is 0 Å². The van der Waals surface area contributed by atoms with E-state index in [0.717, 1.165) is 55.4 Å². The van der Waals surface area contributed by atoms with Gasteiger partial charge in [-0.05, 0) is 0 Å². The normalized spacial score (nSPS) is 33.3. The minimum absolute atomic E-state index is 0.580. The highest BCUT2D eigenvalue weighted by Crippen LogP contribution is 2.45. The first-order valence-corrected chi connectivity index (χ1v) is 15.2. The molecule has 0 unspecified atom stereocenters. The summed E-state index contributed by atoms with van der Waals surface area (Å²) < 4.78 is 67.7. The quantitative estimate of drug-likeness (QED) is 0.193. The van der Waals surface area contributed by atoms with Crippen molar-refractivity contribution in [3.05, 3.63) is 0 Å². The van der Waals surface area contributed by atoms with Crippen molar-refractivity contribution in [2.24, 2.45) is 0 Å². The maximum Gasteiger partial charge on any atom is 0.303 e. The summed E-state index contributed by atoms with van der Waals surface area (Å²) in [6, 6.07) is 0. The molecule has 0 aromatic rings. The third-order valence-corrected chi connectivity index (χ3v) is 7.28.